The van der Waals surface area contributed by atoms with Crippen LogP contribution >= 0.6 is 0 Å². The summed E-state index contributed by atoms with van der Waals surface area (Å²) >= 11 is 0. The first kappa shape index (κ1) is 29.1. The van der Waals surface area contributed by atoms with Crippen LogP contribution in [0.5, 0.6) is 5.75 Å². The van der Waals surface area contributed by atoms with Crippen LogP contribution in [0, 0.1) is 18.7 Å². The molecule has 0 radical (unpaired) electrons. The van der Waals surface area contributed by atoms with Crippen molar-refractivity contribution in [3.63, 3.8) is 0 Å². The minimum atomic E-state index is -2.90. The summed E-state index contributed by atoms with van der Waals surface area (Å²) in [5.41, 5.74) is 2.36. The highest BCUT2D eigenvalue weighted by Gasteiger charge is 2.33. The van der Waals surface area contributed by atoms with Crippen molar-refractivity contribution >= 4 is 22.6 Å². The summed E-state index contributed by atoms with van der Waals surface area (Å²) in [6.45, 7) is 6.05. The van der Waals surface area contributed by atoms with Gasteiger partial charge in [0.2, 0.25) is 5.91 Å². The number of alkyl halides is 2. The average molecular weight is 571 g/mol. The molecule has 0 unspecified atom stereocenters. The number of amides is 1. The number of aromatic nitrogens is 2. The molecule has 1 aromatic heterocycles. The molecular formula is C31H37F3N4O3. The number of ether oxygens (including phenoxy) is 1. The quantitative estimate of drug-likeness (QED) is 0.334. The number of fused-ring (bicyclic) bond motifs is 3. The van der Waals surface area contributed by atoms with E-state index in [0.717, 1.165) is 59.5 Å². The Morgan fingerprint density at radius 1 is 1.17 bits per heavy atom. The summed E-state index contributed by atoms with van der Waals surface area (Å²) in [4.78, 5) is 23.9. The van der Waals surface area contributed by atoms with Gasteiger partial charge in [-0.25, -0.2) is 23.1 Å². The van der Waals surface area contributed by atoms with E-state index >= 15 is 0 Å². The fraction of sp³-hybridized carbons (Fsp3) is 0.516. The van der Waals surface area contributed by atoms with Crippen molar-refractivity contribution in [2.45, 2.75) is 77.4 Å². The number of aryl methyl sites for hydroxylation is 1. The maximum atomic E-state index is 14.9. The van der Waals surface area contributed by atoms with E-state index in [1.165, 1.54) is 12.1 Å². The molecule has 2 aliphatic rings. The van der Waals surface area contributed by atoms with E-state index in [1.807, 2.05) is 6.07 Å². The second-order valence-corrected chi connectivity index (χ2v) is 11.4. The smallest absolute Gasteiger partial charge is 0.266 e. The van der Waals surface area contributed by atoms with Crippen molar-refractivity contribution in [3.8, 4) is 5.75 Å². The third kappa shape index (κ3) is 5.84. The van der Waals surface area contributed by atoms with Crippen molar-refractivity contribution in [2.75, 3.05) is 25.5 Å². The maximum Gasteiger partial charge on any atom is 0.266 e. The molecule has 2 aromatic carbocycles. The summed E-state index contributed by atoms with van der Waals surface area (Å²) in [6.07, 6.45) is 0.348. The molecule has 2 atom stereocenters. The molecule has 1 aliphatic carbocycles. The standard InChI is InChI=1S/C31H37F3N4O3/c1-16(39)15-38(4)31(40)20-10-8-19(9-11-20)24-14-25-27(23-12-13-41-28(23)24)36-18(3)37-30(25)35-17(2)21-6-5-7-22(26(21)32)29(33)34/h5-7,14,16-17,19-20,29,39H,8-13,15H2,1-4H3,(H,35,36,37)/t16-,17+,19-,20-/m0/s1. The Balaban J connectivity index is 1.45. The number of aliphatic hydroxyl groups is 1. The molecule has 2 heterocycles. The van der Waals surface area contributed by atoms with Gasteiger partial charge in [-0.2, -0.15) is 0 Å². The van der Waals surface area contributed by atoms with Crippen LogP contribution in [-0.4, -0.2) is 52.2 Å². The molecule has 7 nitrogen and oxygen atoms in total. The van der Waals surface area contributed by atoms with Crippen LogP contribution in [-0.2, 0) is 11.2 Å². The van der Waals surface area contributed by atoms with E-state index in [2.05, 4.69) is 10.3 Å². The molecule has 41 heavy (non-hydrogen) atoms. The van der Waals surface area contributed by atoms with Crippen LogP contribution in [0.15, 0.2) is 24.3 Å². The zero-order valence-corrected chi connectivity index (χ0v) is 23.9. The summed E-state index contributed by atoms with van der Waals surface area (Å²) in [7, 11) is 1.73. The van der Waals surface area contributed by atoms with E-state index in [1.54, 1.807) is 32.7 Å². The number of likely N-dealkylation sites (N-methyl/N-ethyl adjacent to an activating group) is 1. The number of halogens is 3. The first-order valence-electron chi connectivity index (χ1n) is 14.3. The molecule has 220 valence electrons. The lowest BCUT2D eigenvalue weighted by molar-refractivity contribution is -0.136. The van der Waals surface area contributed by atoms with Gasteiger partial charge in [0.05, 0.1) is 29.8 Å². The van der Waals surface area contributed by atoms with E-state index in [9.17, 15) is 23.1 Å². The van der Waals surface area contributed by atoms with Gasteiger partial charge in [0.1, 0.15) is 23.2 Å². The van der Waals surface area contributed by atoms with E-state index in [4.69, 9.17) is 9.72 Å². The topological polar surface area (TPSA) is 87.6 Å². The van der Waals surface area contributed by atoms with Gasteiger partial charge < -0.3 is 20.1 Å². The fourth-order valence-corrected chi connectivity index (χ4v) is 6.33. The normalized spacial score (nSPS) is 20.0. The molecule has 1 aliphatic heterocycles. The van der Waals surface area contributed by atoms with Gasteiger partial charge in [0, 0.05) is 42.4 Å². The molecule has 0 spiro atoms. The van der Waals surface area contributed by atoms with Gasteiger partial charge in [-0.1, -0.05) is 18.2 Å². The van der Waals surface area contributed by atoms with Crippen LogP contribution in [0.1, 0.15) is 86.0 Å². The Labute approximate surface area is 238 Å². The zero-order valence-electron chi connectivity index (χ0n) is 23.9. The predicted molar refractivity (Wildman–Crippen MR) is 151 cm³/mol. The Bertz CT molecular complexity index is 1440. The number of hydrogen-bond donors (Lipinski definition) is 2. The van der Waals surface area contributed by atoms with E-state index in [-0.39, 0.29) is 23.3 Å². The highest BCUT2D eigenvalue weighted by atomic mass is 19.3. The number of nitrogens with zero attached hydrogens (tertiary/aromatic N) is 3. The number of nitrogens with one attached hydrogen (secondary N) is 1. The Morgan fingerprint density at radius 2 is 1.88 bits per heavy atom. The summed E-state index contributed by atoms with van der Waals surface area (Å²) in [5, 5.41) is 13.7. The van der Waals surface area contributed by atoms with Crippen molar-refractivity contribution in [1.29, 1.82) is 0 Å². The monoisotopic (exact) mass is 570 g/mol. The minimum absolute atomic E-state index is 0.0665. The van der Waals surface area contributed by atoms with Crippen LogP contribution in [0.25, 0.3) is 10.9 Å². The van der Waals surface area contributed by atoms with Gasteiger partial charge in [-0.15, -0.1) is 0 Å². The van der Waals surface area contributed by atoms with Crippen molar-refractivity contribution in [2.24, 2.45) is 5.92 Å². The molecule has 0 saturated heterocycles. The first-order valence-corrected chi connectivity index (χ1v) is 14.3. The number of benzene rings is 2. The predicted octanol–water partition coefficient (Wildman–Crippen LogP) is 6.24. The van der Waals surface area contributed by atoms with E-state index in [0.29, 0.717) is 31.2 Å². The number of carbonyl (C=O) groups excluding carboxylic acids is 1. The molecular weight excluding hydrogens is 533 g/mol. The minimum Gasteiger partial charge on any atom is -0.493 e. The zero-order chi connectivity index (χ0) is 29.4. The SMILES string of the molecule is Cc1nc(N[C@H](C)c2cccc(C(F)F)c2F)c2cc([C@H]3CC[C@H](C(=O)N(C)C[C@H](C)O)CC3)c3c(c2n1)CCO3. The molecule has 10 heteroatoms. The molecule has 0 bridgehead atoms. The molecule has 2 N–H and O–H groups in total. The lowest BCUT2D eigenvalue weighted by atomic mass is 9.77. The van der Waals surface area contributed by atoms with Crippen LogP contribution < -0.4 is 10.1 Å². The van der Waals surface area contributed by atoms with Gasteiger partial charge in [0.15, 0.2) is 0 Å². The van der Waals surface area contributed by atoms with Crippen molar-refractivity contribution < 1.29 is 27.8 Å². The number of anilines is 1. The largest absolute Gasteiger partial charge is 0.493 e. The highest BCUT2D eigenvalue weighted by Crippen LogP contribution is 2.46. The summed E-state index contributed by atoms with van der Waals surface area (Å²) in [6, 6.07) is 5.46. The Kier molecular flexibility index (Phi) is 8.40. The van der Waals surface area contributed by atoms with Crippen LogP contribution in [0.4, 0.5) is 19.0 Å². The fourth-order valence-electron chi connectivity index (χ4n) is 6.33. The number of rotatable bonds is 8. The second kappa shape index (κ2) is 11.8. The molecule has 1 fully saturated rings. The second-order valence-electron chi connectivity index (χ2n) is 11.4. The number of hydrogen-bond acceptors (Lipinski definition) is 6. The third-order valence-corrected chi connectivity index (χ3v) is 8.32. The molecule has 3 aromatic rings. The lowest BCUT2D eigenvalue weighted by Gasteiger charge is -2.32. The Morgan fingerprint density at radius 3 is 2.56 bits per heavy atom. The summed E-state index contributed by atoms with van der Waals surface area (Å²) < 4.78 is 47.8. The average Bonchev–Trinajstić information content (AvgIpc) is 3.42. The van der Waals surface area contributed by atoms with Crippen molar-refractivity contribution in [3.05, 3.63) is 58.2 Å². The Hall–Kier alpha value is -3.40. The van der Waals surface area contributed by atoms with Gasteiger partial charge in [-0.05, 0) is 64.0 Å². The van der Waals surface area contributed by atoms with Crippen molar-refractivity contribution in [1.82, 2.24) is 14.9 Å². The number of carbonyl (C=O) groups is 1. The molecule has 1 saturated carbocycles. The third-order valence-electron chi connectivity index (χ3n) is 8.32. The van der Waals surface area contributed by atoms with Crippen LogP contribution in [0.2, 0.25) is 0 Å². The van der Waals surface area contributed by atoms with Gasteiger partial charge >= 0.3 is 0 Å². The maximum absolute atomic E-state index is 14.9. The van der Waals surface area contributed by atoms with Gasteiger partial charge in [-0.3, -0.25) is 4.79 Å². The number of aliphatic hydroxyl groups excluding tert-OH is 1. The first-order chi connectivity index (χ1) is 19.5. The van der Waals surface area contributed by atoms with E-state index < -0.39 is 30.0 Å². The van der Waals surface area contributed by atoms with Crippen LogP contribution in [0.3, 0.4) is 0 Å². The molecule has 1 amide bonds. The summed E-state index contributed by atoms with van der Waals surface area (Å²) in [5.74, 6) is 1.16. The molecule has 5 rings (SSSR count). The highest BCUT2D eigenvalue weighted by molar-refractivity contribution is 5.94. The lowest BCUT2D eigenvalue weighted by Crippen LogP contribution is -2.38. The van der Waals surface area contributed by atoms with Gasteiger partial charge in [0.25, 0.3) is 6.43 Å².